The van der Waals surface area contributed by atoms with E-state index in [0.29, 0.717) is 12.1 Å². The van der Waals surface area contributed by atoms with E-state index < -0.39 is 11.4 Å². The van der Waals surface area contributed by atoms with Crippen LogP contribution < -0.4 is 11.1 Å². The van der Waals surface area contributed by atoms with E-state index in [-0.39, 0.29) is 17.2 Å². The van der Waals surface area contributed by atoms with Crippen molar-refractivity contribution in [1.29, 1.82) is 0 Å². The second-order valence-corrected chi connectivity index (χ2v) is 4.80. The van der Waals surface area contributed by atoms with E-state index in [1.165, 1.54) is 18.2 Å². The molecule has 1 rings (SSSR count). The Bertz CT molecular complexity index is 481. The van der Waals surface area contributed by atoms with Gasteiger partial charge in [-0.15, -0.1) is 0 Å². The van der Waals surface area contributed by atoms with Gasteiger partial charge in [0.1, 0.15) is 0 Å². The number of nitrogens with one attached hydrogen (secondary N) is 1. The summed E-state index contributed by atoms with van der Waals surface area (Å²) in [6, 6.07) is 4.24. The lowest BCUT2D eigenvalue weighted by atomic mass is 9.89. The summed E-state index contributed by atoms with van der Waals surface area (Å²) in [5, 5.41) is 11.5. The molecule has 0 aromatic heterocycles. The smallest absolute Gasteiger partial charge is 0.335 e. The Balaban J connectivity index is 2.93. The first-order valence-corrected chi connectivity index (χ1v) is 5.72. The average molecular weight is 250 g/mol. The molecule has 0 aliphatic heterocycles. The Morgan fingerprint density at radius 1 is 1.39 bits per heavy atom. The summed E-state index contributed by atoms with van der Waals surface area (Å²) in [5.74, 6) is -1.19. The molecular formula is C13H18N2O3. The Morgan fingerprint density at radius 3 is 2.44 bits per heavy atom. The number of nitrogens with two attached hydrogens (primary N) is 1. The molecule has 4 N–H and O–H groups in total. The first-order chi connectivity index (χ1) is 8.27. The number of hydrogen-bond acceptors (Lipinski definition) is 3. The van der Waals surface area contributed by atoms with Crippen molar-refractivity contribution in [3.63, 3.8) is 0 Å². The van der Waals surface area contributed by atoms with Crippen molar-refractivity contribution in [3.05, 3.63) is 23.8 Å². The maximum atomic E-state index is 12.0. The number of rotatable bonds is 4. The molecule has 1 amide bonds. The van der Waals surface area contributed by atoms with Gasteiger partial charge in [0.2, 0.25) is 5.91 Å². The molecule has 0 aliphatic carbocycles. The number of carbonyl (C=O) groups excluding carboxylic acids is 1. The highest BCUT2D eigenvalue weighted by Gasteiger charge is 2.25. The largest absolute Gasteiger partial charge is 0.478 e. The number of hydrogen-bond donors (Lipinski definition) is 3. The molecule has 5 nitrogen and oxygen atoms in total. The number of aromatic carboxylic acids is 1. The molecule has 0 radical (unpaired) electrons. The van der Waals surface area contributed by atoms with Crippen LogP contribution in [0.4, 0.5) is 11.4 Å². The molecule has 0 saturated heterocycles. The van der Waals surface area contributed by atoms with Gasteiger partial charge >= 0.3 is 5.97 Å². The predicted octanol–water partition coefficient (Wildman–Crippen LogP) is 2.34. The van der Waals surface area contributed by atoms with Crippen LogP contribution in [0.5, 0.6) is 0 Å². The normalized spacial score (nSPS) is 11.1. The summed E-state index contributed by atoms with van der Waals surface area (Å²) < 4.78 is 0. The summed E-state index contributed by atoms with van der Waals surface area (Å²) in [4.78, 5) is 22.7. The lowest BCUT2D eigenvalue weighted by Gasteiger charge is -2.22. The van der Waals surface area contributed by atoms with Gasteiger partial charge in [-0.05, 0) is 24.6 Å². The van der Waals surface area contributed by atoms with Crippen LogP contribution in [0, 0.1) is 5.41 Å². The standard InChI is InChI=1S/C13H18N2O3/c1-4-13(2,3)12(18)15-10-6-5-8(11(16)17)7-9(10)14/h5-7H,4,14H2,1-3H3,(H,15,18)(H,16,17). The zero-order valence-electron chi connectivity index (χ0n) is 10.8. The number of nitrogen functional groups attached to an aromatic ring is 1. The molecule has 5 heteroatoms. The van der Waals surface area contributed by atoms with Gasteiger partial charge in [0.05, 0.1) is 16.9 Å². The molecular weight excluding hydrogens is 232 g/mol. The lowest BCUT2D eigenvalue weighted by Crippen LogP contribution is -2.30. The van der Waals surface area contributed by atoms with Gasteiger partial charge in [-0.25, -0.2) is 4.79 Å². The van der Waals surface area contributed by atoms with E-state index in [0.717, 1.165) is 0 Å². The van der Waals surface area contributed by atoms with Crippen LogP contribution in [-0.4, -0.2) is 17.0 Å². The van der Waals surface area contributed by atoms with Crippen molar-refractivity contribution in [1.82, 2.24) is 0 Å². The van der Waals surface area contributed by atoms with E-state index in [1.807, 2.05) is 20.8 Å². The zero-order valence-corrected chi connectivity index (χ0v) is 10.8. The Labute approximate surface area is 106 Å². The third-order valence-electron chi connectivity index (χ3n) is 3.05. The van der Waals surface area contributed by atoms with E-state index in [1.54, 1.807) is 0 Å². The maximum absolute atomic E-state index is 12.0. The van der Waals surface area contributed by atoms with Crippen LogP contribution in [0.1, 0.15) is 37.6 Å². The first kappa shape index (κ1) is 14.0. The van der Waals surface area contributed by atoms with Gasteiger partial charge < -0.3 is 16.2 Å². The number of carboxylic acid groups (broad SMARTS) is 1. The van der Waals surface area contributed by atoms with Crippen LogP contribution in [0.3, 0.4) is 0 Å². The van der Waals surface area contributed by atoms with Crippen molar-refractivity contribution in [2.45, 2.75) is 27.2 Å². The summed E-state index contributed by atoms with van der Waals surface area (Å²) in [5.41, 5.74) is 6.01. The van der Waals surface area contributed by atoms with Gasteiger partial charge in [-0.1, -0.05) is 20.8 Å². The van der Waals surface area contributed by atoms with Crippen molar-refractivity contribution in [2.24, 2.45) is 5.41 Å². The van der Waals surface area contributed by atoms with Crippen LogP contribution in [0.15, 0.2) is 18.2 Å². The molecule has 0 aliphatic rings. The SMILES string of the molecule is CCC(C)(C)C(=O)Nc1ccc(C(=O)O)cc1N. The van der Waals surface area contributed by atoms with Crippen LogP contribution in [0.25, 0.3) is 0 Å². The maximum Gasteiger partial charge on any atom is 0.335 e. The van der Waals surface area contributed by atoms with Crippen LogP contribution in [-0.2, 0) is 4.79 Å². The Kier molecular flexibility index (Phi) is 3.96. The third kappa shape index (κ3) is 3.00. The molecule has 1 aromatic rings. The fourth-order valence-electron chi connectivity index (χ4n) is 1.26. The minimum Gasteiger partial charge on any atom is -0.478 e. The highest BCUT2D eigenvalue weighted by Crippen LogP contribution is 2.25. The summed E-state index contributed by atoms with van der Waals surface area (Å²) in [7, 11) is 0. The highest BCUT2D eigenvalue weighted by molar-refractivity contribution is 5.98. The Hall–Kier alpha value is -2.04. The lowest BCUT2D eigenvalue weighted by molar-refractivity contribution is -0.124. The van der Waals surface area contributed by atoms with Crippen LogP contribution in [0.2, 0.25) is 0 Å². The fraction of sp³-hybridized carbons (Fsp3) is 0.385. The van der Waals surface area contributed by atoms with Gasteiger partial charge in [0.25, 0.3) is 0 Å². The molecule has 98 valence electrons. The van der Waals surface area contributed by atoms with Crippen molar-refractivity contribution in [2.75, 3.05) is 11.1 Å². The van der Waals surface area contributed by atoms with E-state index >= 15 is 0 Å². The molecule has 0 heterocycles. The summed E-state index contributed by atoms with van der Waals surface area (Å²) in [6.07, 6.45) is 0.700. The molecule has 1 aromatic carbocycles. The number of anilines is 2. The molecule has 0 bridgehead atoms. The second-order valence-electron chi connectivity index (χ2n) is 4.80. The van der Waals surface area contributed by atoms with Crippen molar-refractivity contribution < 1.29 is 14.7 Å². The van der Waals surface area contributed by atoms with Crippen LogP contribution >= 0.6 is 0 Å². The molecule has 0 unspecified atom stereocenters. The third-order valence-corrected chi connectivity index (χ3v) is 3.05. The molecule has 0 atom stereocenters. The van der Waals surface area contributed by atoms with E-state index in [4.69, 9.17) is 10.8 Å². The number of benzene rings is 1. The zero-order chi connectivity index (χ0) is 13.9. The van der Waals surface area contributed by atoms with Crippen molar-refractivity contribution in [3.8, 4) is 0 Å². The van der Waals surface area contributed by atoms with Crippen molar-refractivity contribution >= 4 is 23.3 Å². The predicted molar refractivity (Wildman–Crippen MR) is 70.5 cm³/mol. The molecule has 0 spiro atoms. The monoisotopic (exact) mass is 250 g/mol. The fourth-order valence-corrected chi connectivity index (χ4v) is 1.26. The molecule has 0 saturated carbocycles. The van der Waals surface area contributed by atoms with Gasteiger partial charge in [0, 0.05) is 5.41 Å². The van der Waals surface area contributed by atoms with Gasteiger partial charge in [-0.3, -0.25) is 4.79 Å². The minimum atomic E-state index is -1.05. The van der Waals surface area contributed by atoms with E-state index in [9.17, 15) is 9.59 Å². The molecule has 18 heavy (non-hydrogen) atoms. The number of carbonyl (C=O) groups is 2. The number of carboxylic acids is 1. The Morgan fingerprint density at radius 2 is 2.00 bits per heavy atom. The quantitative estimate of drug-likeness (QED) is 0.715. The van der Waals surface area contributed by atoms with Gasteiger partial charge in [-0.2, -0.15) is 0 Å². The van der Waals surface area contributed by atoms with Gasteiger partial charge in [0.15, 0.2) is 0 Å². The van der Waals surface area contributed by atoms with E-state index in [2.05, 4.69) is 5.32 Å². The highest BCUT2D eigenvalue weighted by atomic mass is 16.4. The average Bonchev–Trinajstić information content (AvgIpc) is 2.31. The summed E-state index contributed by atoms with van der Waals surface area (Å²) >= 11 is 0. The minimum absolute atomic E-state index is 0.0975. The number of amides is 1. The topological polar surface area (TPSA) is 92.4 Å². The summed E-state index contributed by atoms with van der Waals surface area (Å²) in [6.45, 7) is 5.60. The second kappa shape index (κ2) is 5.08. The first-order valence-electron chi connectivity index (χ1n) is 5.72. The molecule has 0 fully saturated rings.